The molecule has 0 amide bonds. The number of nitriles is 1. The molecule has 4 saturated carbocycles. The van der Waals surface area contributed by atoms with Crippen LogP contribution in [0.25, 0.3) is 0 Å². The van der Waals surface area contributed by atoms with Crippen LogP contribution in [0.1, 0.15) is 65.2 Å². The molecule has 0 aromatic heterocycles. The van der Waals surface area contributed by atoms with E-state index in [9.17, 15) is 10.1 Å². The van der Waals surface area contributed by atoms with E-state index in [0.29, 0.717) is 36.1 Å². The summed E-state index contributed by atoms with van der Waals surface area (Å²) in [6.07, 6.45) is 8.99. The molecule has 0 radical (unpaired) electrons. The summed E-state index contributed by atoms with van der Waals surface area (Å²) in [6.45, 7) is 4.62. The van der Waals surface area contributed by atoms with E-state index < -0.39 is 0 Å². The minimum atomic E-state index is -0.0640. The molecule has 4 fully saturated rings. The van der Waals surface area contributed by atoms with Gasteiger partial charge < -0.3 is 4.74 Å². The van der Waals surface area contributed by atoms with Crippen molar-refractivity contribution in [3.05, 3.63) is 0 Å². The van der Waals surface area contributed by atoms with Crippen molar-refractivity contribution in [1.82, 2.24) is 0 Å². The Kier molecular flexibility index (Phi) is 3.84. The van der Waals surface area contributed by atoms with Gasteiger partial charge in [-0.05, 0) is 73.5 Å². The van der Waals surface area contributed by atoms with Crippen LogP contribution >= 0.6 is 0 Å². The highest BCUT2D eigenvalue weighted by atomic mass is 16.5. The van der Waals surface area contributed by atoms with E-state index in [1.165, 1.54) is 19.3 Å². The Bertz CT molecular complexity index is 581. The number of ether oxygens (including phenoxy) is 1. The molecule has 0 aliphatic heterocycles. The maximum Gasteiger partial charge on any atom is 0.137 e. The lowest BCUT2D eigenvalue weighted by molar-refractivity contribution is -0.162. The van der Waals surface area contributed by atoms with Gasteiger partial charge in [-0.15, -0.1) is 0 Å². The third-order valence-corrected chi connectivity index (χ3v) is 8.74. The number of fused-ring (bicyclic) bond motifs is 5. The Balaban J connectivity index is 1.69. The summed E-state index contributed by atoms with van der Waals surface area (Å²) in [7, 11) is 1.82. The molecule has 0 aromatic carbocycles. The number of Topliss-reactive ketones (excluding diaryl/α,β-unsaturated/α-hetero) is 1. The molecule has 0 spiro atoms. The summed E-state index contributed by atoms with van der Waals surface area (Å²) >= 11 is 0. The van der Waals surface area contributed by atoms with Crippen molar-refractivity contribution in [3.63, 3.8) is 0 Å². The molecule has 4 rings (SSSR count). The standard InChI is InChI=1S/C21H31NO2/c1-20-11-18(23)19-16(17(20)9-6-14(20)12-22)8-5-13-4-7-15(24-3)10-21(13,19)2/h13-17,19H,4-11H2,1-3H3. The normalized spacial score (nSPS) is 53.7. The fourth-order valence-corrected chi connectivity index (χ4v) is 7.54. The summed E-state index contributed by atoms with van der Waals surface area (Å²) in [4.78, 5) is 13.3. The highest BCUT2D eigenvalue weighted by Gasteiger charge is 2.63. The van der Waals surface area contributed by atoms with Gasteiger partial charge in [0.15, 0.2) is 0 Å². The van der Waals surface area contributed by atoms with Crippen molar-refractivity contribution in [2.24, 2.45) is 40.4 Å². The first-order chi connectivity index (χ1) is 11.4. The van der Waals surface area contributed by atoms with Crippen molar-refractivity contribution in [2.45, 2.75) is 71.3 Å². The van der Waals surface area contributed by atoms with Crippen molar-refractivity contribution in [2.75, 3.05) is 7.11 Å². The number of hydrogen-bond donors (Lipinski definition) is 0. The predicted octanol–water partition coefficient (Wildman–Crippen LogP) is 4.36. The average Bonchev–Trinajstić information content (AvgIpc) is 2.88. The molecular weight excluding hydrogens is 298 g/mol. The maximum absolute atomic E-state index is 13.3. The van der Waals surface area contributed by atoms with E-state index >= 15 is 0 Å². The zero-order chi connectivity index (χ0) is 17.1. The fraction of sp³-hybridized carbons (Fsp3) is 0.905. The van der Waals surface area contributed by atoms with Crippen LogP contribution in [0.5, 0.6) is 0 Å². The zero-order valence-electron chi connectivity index (χ0n) is 15.4. The monoisotopic (exact) mass is 329 g/mol. The predicted molar refractivity (Wildman–Crippen MR) is 92.0 cm³/mol. The fourth-order valence-electron chi connectivity index (χ4n) is 7.54. The maximum atomic E-state index is 13.3. The highest BCUT2D eigenvalue weighted by Crippen LogP contribution is 2.66. The van der Waals surface area contributed by atoms with Gasteiger partial charge in [0, 0.05) is 19.4 Å². The minimum Gasteiger partial charge on any atom is -0.381 e. The van der Waals surface area contributed by atoms with Gasteiger partial charge >= 0.3 is 0 Å². The van der Waals surface area contributed by atoms with Gasteiger partial charge in [-0.3, -0.25) is 4.79 Å². The van der Waals surface area contributed by atoms with Crippen LogP contribution in [0, 0.1) is 51.8 Å². The summed E-state index contributed by atoms with van der Waals surface area (Å²) in [5.41, 5.74) is 0.0521. The number of rotatable bonds is 1. The Labute approximate surface area is 146 Å². The summed E-state index contributed by atoms with van der Waals surface area (Å²) < 4.78 is 5.71. The van der Waals surface area contributed by atoms with Crippen molar-refractivity contribution in [1.29, 1.82) is 5.26 Å². The van der Waals surface area contributed by atoms with Gasteiger partial charge in [0.2, 0.25) is 0 Å². The third kappa shape index (κ3) is 2.08. The second-order valence-corrected chi connectivity index (χ2v) is 9.58. The van der Waals surface area contributed by atoms with E-state index in [4.69, 9.17) is 4.74 Å². The summed E-state index contributed by atoms with van der Waals surface area (Å²) in [5, 5.41) is 9.58. The Morgan fingerprint density at radius 1 is 1.08 bits per heavy atom. The molecule has 3 heteroatoms. The van der Waals surface area contributed by atoms with Gasteiger partial charge in [0.05, 0.1) is 18.1 Å². The molecule has 0 saturated heterocycles. The number of methoxy groups -OCH3 is 1. The van der Waals surface area contributed by atoms with E-state index in [1.807, 2.05) is 7.11 Å². The number of carbonyl (C=O) groups excluding carboxylic acids is 1. The smallest absolute Gasteiger partial charge is 0.137 e. The number of ketones is 1. The molecule has 24 heavy (non-hydrogen) atoms. The van der Waals surface area contributed by atoms with Crippen LogP contribution in [-0.4, -0.2) is 19.0 Å². The van der Waals surface area contributed by atoms with Gasteiger partial charge in [0.1, 0.15) is 5.78 Å². The highest BCUT2D eigenvalue weighted by molar-refractivity contribution is 5.84. The van der Waals surface area contributed by atoms with Gasteiger partial charge in [-0.25, -0.2) is 0 Å². The molecule has 4 aliphatic rings. The molecule has 0 heterocycles. The summed E-state index contributed by atoms with van der Waals surface area (Å²) in [6, 6.07) is 2.53. The van der Waals surface area contributed by atoms with Crippen molar-refractivity contribution < 1.29 is 9.53 Å². The topological polar surface area (TPSA) is 50.1 Å². The second kappa shape index (κ2) is 5.56. The zero-order valence-corrected chi connectivity index (χ0v) is 15.4. The van der Waals surface area contributed by atoms with E-state index in [-0.39, 0.29) is 22.7 Å². The quantitative estimate of drug-likeness (QED) is 0.718. The first kappa shape index (κ1) is 16.6. The van der Waals surface area contributed by atoms with Crippen LogP contribution in [0.4, 0.5) is 0 Å². The lowest BCUT2D eigenvalue weighted by atomic mass is 9.44. The third-order valence-electron chi connectivity index (χ3n) is 8.74. The molecule has 8 atom stereocenters. The number of hydrogen-bond acceptors (Lipinski definition) is 3. The molecule has 0 aromatic rings. The van der Waals surface area contributed by atoms with Crippen molar-refractivity contribution in [3.8, 4) is 6.07 Å². The molecule has 0 bridgehead atoms. The lowest BCUT2D eigenvalue weighted by Crippen LogP contribution is -2.58. The Morgan fingerprint density at radius 2 is 1.83 bits per heavy atom. The lowest BCUT2D eigenvalue weighted by Gasteiger charge is -2.59. The van der Waals surface area contributed by atoms with E-state index in [1.54, 1.807) is 0 Å². The van der Waals surface area contributed by atoms with Gasteiger partial charge in [0.25, 0.3) is 0 Å². The van der Waals surface area contributed by atoms with E-state index in [0.717, 1.165) is 25.7 Å². The second-order valence-electron chi connectivity index (χ2n) is 9.58. The van der Waals surface area contributed by atoms with Crippen molar-refractivity contribution >= 4 is 5.78 Å². The van der Waals surface area contributed by atoms with Crippen LogP contribution < -0.4 is 0 Å². The molecule has 132 valence electrons. The Hall–Kier alpha value is -0.880. The molecular formula is C21H31NO2. The number of nitrogens with zero attached hydrogens (tertiary/aromatic N) is 1. The van der Waals surface area contributed by atoms with Crippen LogP contribution in [0.3, 0.4) is 0 Å². The van der Waals surface area contributed by atoms with Crippen LogP contribution in [0.15, 0.2) is 0 Å². The van der Waals surface area contributed by atoms with Gasteiger partial charge in [-0.2, -0.15) is 5.26 Å². The van der Waals surface area contributed by atoms with Crippen LogP contribution in [-0.2, 0) is 9.53 Å². The molecule has 4 aliphatic carbocycles. The van der Waals surface area contributed by atoms with Gasteiger partial charge in [-0.1, -0.05) is 13.8 Å². The minimum absolute atomic E-state index is 0.0640. The van der Waals surface area contributed by atoms with E-state index in [2.05, 4.69) is 19.9 Å². The Morgan fingerprint density at radius 3 is 2.54 bits per heavy atom. The first-order valence-electron chi connectivity index (χ1n) is 9.89. The average molecular weight is 329 g/mol. The first-order valence-corrected chi connectivity index (χ1v) is 9.89. The van der Waals surface area contributed by atoms with Crippen LogP contribution in [0.2, 0.25) is 0 Å². The largest absolute Gasteiger partial charge is 0.381 e. The molecule has 0 N–H and O–H groups in total. The molecule has 3 nitrogen and oxygen atoms in total. The number of carbonyl (C=O) groups is 1. The SMILES string of the molecule is COC1CCC2CCC3C4CCC(C#N)C4(C)CC(=O)C3C2(C)C1. The summed E-state index contributed by atoms with van der Waals surface area (Å²) in [5.74, 6) is 2.52. The molecule has 8 unspecified atom stereocenters.